The summed E-state index contributed by atoms with van der Waals surface area (Å²) in [6, 6.07) is 5.22. The van der Waals surface area contributed by atoms with Gasteiger partial charge in [0.2, 0.25) is 0 Å². The Morgan fingerprint density at radius 1 is 1.50 bits per heavy atom. The minimum atomic E-state index is -0.352. The summed E-state index contributed by atoms with van der Waals surface area (Å²) in [6.07, 6.45) is 0.916. The third-order valence-electron chi connectivity index (χ3n) is 1.87. The Morgan fingerprint density at radius 2 is 2.17 bits per heavy atom. The van der Waals surface area contributed by atoms with Crippen LogP contribution in [-0.4, -0.2) is 4.92 Å². The SMILES string of the molecule is CCc1ccc([N+](=O)[O-])c(C)c1. The highest BCUT2D eigenvalue weighted by Crippen LogP contribution is 2.18. The second-order valence-corrected chi connectivity index (χ2v) is 2.73. The van der Waals surface area contributed by atoms with Gasteiger partial charge in [0.15, 0.2) is 0 Å². The van der Waals surface area contributed by atoms with E-state index in [1.54, 1.807) is 19.1 Å². The Bertz CT molecular complexity index is 307. The van der Waals surface area contributed by atoms with E-state index in [9.17, 15) is 10.1 Å². The van der Waals surface area contributed by atoms with Crippen LogP contribution in [0.15, 0.2) is 18.2 Å². The number of nitro groups is 1. The first-order valence-corrected chi connectivity index (χ1v) is 3.89. The molecule has 1 aromatic rings. The van der Waals surface area contributed by atoms with Crippen LogP contribution < -0.4 is 0 Å². The van der Waals surface area contributed by atoms with E-state index in [0.29, 0.717) is 0 Å². The lowest BCUT2D eigenvalue weighted by atomic mass is 10.1. The molecular weight excluding hydrogens is 154 g/mol. The topological polar surface area (TPSA) is 43.1 Å². The lowest BCUT2D eigenvalue weighted by molar-refractivity contribution is -0.385. The average molecular weight is 165 g/mol. The van der Waals surface area contributed by atoms with Gasteiger partial charge in [-0.05, 0) is 25.0 Å². The van der Waals surface area contributed by atoms with Gasteiger partial charge in [-0.1, -0.05) is 13.0 Å². The highest BCUT2D eigenvalue weighted by atomic mass is 16.6. The molecule has 0 saturated carbocycles. The average Bonchev–Trinajstić information content (AvgIpc) is 2.03. The Hall–Kier alpha value is -1.38. The zero-order chi connectivity index (χ0) is 9.14. The summed E-state index contributed by atoms with van der Waals surface area (Å²) < 4.78 is 0. The summed E-state index contributed by atoms with van der Waals surface area (Å²) >= 11 is 0. The van der Waals surface area contributed by atoms with E-state index in [4.69, 9.17) is 0 Å². The van der Waals surface area contributed by atoms with Gasteiger partial charge in [0.1, 0.15) is 0 Å². The Morgan fingerprint density at radius 3 is 2.58 bits per heavy atom. The third kappa shape index (κ3) is 1.61. The fraction of sp³-hybridized carbons (Fsp3) is 0.333. The largest absolute Gasteiger partial charge is 0.272 e. The highest BCUT2D eigenvalue weighted by molar-refractivity contribution is 5.41. The molecule has 1 rings (SSSR count). The van der Waals surface area contributed by atoms with E-state index < -0.39 is 0 Å². The smallest absolute Gasteiger partial charge is 0.258 e. The highest BCUT2D eigenvalue weighted by Gasteiger charge is 2.08. The molecular formula is C9H11NO2. The molecule has 3 heteroatoms. The fourth-order valence-electron chi connectivity index (χ4n) is 1.14. The van der Waals surface area contributed by atoms with Crippen molar-refractivity contribution in [2.24, 2.45) is 0 Å². The van der Waals surface area contributed by atoms with Crippen LogP contribution in [0.2, 0.25) is 0 Å². The Labute approximate surface area is 71.2 Å². The van der Waals surface area contributed by atoms with Crippen molar-refractivity contribution >= 4 is 5.69 Å². The van der Waals surface area contributed by atoms with Crippen molar-refractivity contribution in [2.45, 2.75) is 20.3 Å². The standard InChI is InChI=1S/C9H11NO2/c1-3-8-4-5-9(10(11)12)7(2)6-8/h4-6H,3H2,1-2H3. The van der Waals surface area contributed by atoms with Crippen molar-refractivity contribution in [3.05, 3.63) is 39.4 Å². The molecule has 12 heavy (non-hydrogen) atoms. The van der Waals surface area contributed by atoms with E-state index in [0.717, 1.165) is 17.5 Å². The molecule has 0 saturated heterocycles. The molecule has 1 aromatic carbocycles. The van der Waals surface area contributed by atoms with Gasteiger partial charge >= 0.3 is 0 Å². The van der Waals surface area contributed by atoms with Gasteiger partial charge in [-0.3, -0.25) is 10.1 Å². The van der Waals surface area contributed by atoms with E-state index in [1.165, 1.54) is 0 Å². The summed E-state index contributed by atoms with van der Waals surface area (Å²) in [5.41, 5.74) is 2.07. The van der Waals surface area contributed by atoms with Gasteiger partial charge < -0.3 is 0 Å². The monoisotopic (exact) mass is 165 g/mol. The third-order valence-corrected chi connectivity index (χ3v) is 1.87. The number of nitro benzene ring substituents is 1. The van der Waals surface area contributed by atoms with Crippen molar-refractivity contribution in [1.29, 1.82) is 0 Å². The molecule has 0 fully saturated rings. The number of hydrogen-bond acceptors (Lipinski definition) is 2. The summed E-state index contributed by atoms with van der Waals surface area (Å²) in [5, 5.41) is 10.4. The van der Waals surface area contributed by atoms with Crippen LogP contribution in [0, 0.1) is 17.0 Å². The molecule has 0 amide bonds. The van der Waals surface area contributed by atoms with Crippen molar-refractivity contribution in [2.75, 3.05) is 0 Å². The number of aryl methyl sites for hydroxylation is 2. The quantitative estimate of drug-likeness (QED) is 0.499. The van der Waals surface area contributed by atoms with Gasteiger partial charge in [-0.15, -0.1) is 0 Å². The zero-order valence-electron chi connectivity index (χ0n) is 7.20. The molecule has 0 aliphatic rings. The summed E-state index contributed by atoms with van der Waals surface area (Å²) in [6.45, 7) is 3.79. The van der Waals surface area contributed by atoms with Crippen LogP contribution in [0.3, 0.4) is 0 Å². The maximum atomic E-state index is 10.4. The van der Waals surface area contributed by atoms with Crippen LogP contribution in [-0.2, 0) is 6.42 Å². The maximum Gasteiger partial charge on any atom is 0.272 e. The Balaban J connectivity index is 3.12. The zero-order valence-corrected chi connectivity index (χ0v) is 7.20. The Kier molecular flexibility index (Phi) is 2.43. The molecule has 0 atom stereocenters. The van der Waals surface area contributed by atoms with Crippen LogP contribution in [0.5, 0.6) is 0 Å². The molecule has 64 valence electrons. The predicted molar refractivity (Wildman–Crippen MR) is 47.2 cm³/mol. The predicted octanol–water partition coefficient (Wildman–Crippen LogP) is 2.47. The molecule has 3 nitrogen and oxygen atoms in total. The van der Waals surface area contributed by atoms with Crippen LogP contribution in [0.1, 0.15) is 18.1 Å². The van der Waals surface area contributed by atoms with Crippen LogP contribution in [0.25, 0.3) is 0 Å². The summed E-state index contributed by atoms with van der Waals surface area (Å²) in [7, 11) is 0. The first-order chi connectivity index (χ1) is 5.65. The van der Waals surface area contributed by atoms with Crippen LogP contribution in [0.4, 0.5) is 5.69 Å². The van der Waals surface area contributed by atoms with Crippen molar-refractivity contribution in [3.8, 4) is 0 Å². The molecule has 0 radical (unpaired) electrons. The van der Waals surface area contributed by atoms with E-state index in [2.05, 4.69) is 0 Å². The summed E-state index contributed by atoms with van der Waals surface area (Å²) in [5.74, 6) is 0. The first-order valence-electron chi connectivity index (χ1n) is 3.89. The molecule has 0 aromatic heterocycles. The van der Waals surface area contributed by atoms with Gasteiger partial charge in [0.05, 0.1) is 4.92 Å². The minimum Gasteiger partial charge on any atom is -0.258 e. The van der Waals surface area contributed by atoms with Crippen molar-refractivity contribution < 1.29 is 4.92 Å². The van der Waals surface area contributed by atoms with E-state index in [-0.39, 0.29) is 10.6 Å². The second-order valence-electron chi connectivity index (χ2n) is 2.73. The minimum absolute atomic E-state index is 0.201. The summed E-state index contributed by atoms with van der Waals surface area (Å²) in [4.78, 5) is 10.1. The van der Waals surface area contributed by atoms with Gasteiger partial charge in [0.25, 0.3) is 5.69 Å². The lowest BCUT2D eigenvalue weighted by Crippen LogP contribution is -1.92. The van der Waals surface area contributed by atoms with Crippen molar-refractivity contribution in [3.63, 3.8) is 0 Å². The number of hydrogen-bond donors (Lipinski definition) is 0. The van der Waals surface area contributed by atoms with E-state index >= 15 is 0 Å². The fourth-order valence-corrected chi connectivity index (χ4v) is 1.14. The van der Waals surface area contributed by atoms with Gasteiger partial charge in [0, 0.05) is 11.6 Å². The molecule has 0 aliphatic heterocycles. The number of nitrogens with zero attached hydrogens (tertiary/aromatic N) is 1. The lowest BCUT2D eigenvalue weighted by Gasteiger charge is -1.99. The molecule has 0 heterocycles. The van der Waals surface area contributed by atoms with Crippen LogP contribution >= 0.6 is 0 Å². The van der Waals surface area contributed by atoms with Gasteiger partial charge in [-0.2, -0.15) is 0 Å². The molecule has 0 aliphatic carbocycles. The van der Waals surface area contributed by atoms with Crippen molar-refractivity contribution in [1.82, 2.24) is 0 Å². The van der Waals surface area contributed by atoms with E-state index in [1.807, 2.05) is 13.0 Å². The number of rotatable bonds is 2. The van der Waals surface area contributed by atoms with Gasteiger partial charge in [-0.25, -0.2) is 0 Å². The molecule has 0 N–H and O–H groups in total. The normalized spacial score (nSPS) is 9.83. The number of benzene rings is 1. The maximum absolute atomic E-state index is 10.4. The second kappa shape index (κ2) is 3.34. The molecule has 0 spiro atoms. The first kappa shape index (κ1) is 8.71. The molecule has 0 bridgehead atoms. The molecule has 0 unspecified atom stereocenters.